The van der Waals surface area contributed by atoms with Crippen LogP contribution in [0.4, 0.5) is 5.69 Å². The minimum atomic E-state index is 0.532. The van der Waals surface area contributed by atoms with Crippen molar-refractivity contribution in [2.75, 3.05) is 25.6 Å². The molecular formula is C16H18ClNO2. The minimum absolute atomic E-state index is 0.532. The highest BCUT2D eigenvalue weighted by molar-refractivity contribution is 6.33. The number of rotatable bonds is 6. The van der Waals surface area contributed by atoms with E-state index in [1.807, 2.05) is 49.4 Å². The molecule has 2 rings (SSSR count). The van der Waals surface area contributed by atoms with Crippen LogP contribution in [0.5, 0.6) is 11.5 Å². The summed E-state index contributed by atoms with van der Waals surface area (Å²) in [7, 11) is 1.64. The Kier molecular flexibility index (Phi) is 5.13. The highest BCUT2D eigenvalue weighted by atomic mass is 35.5. The van der Waals surface area contributed by atoms with Crippen molar-refractivity contribution in [1.29, 1.82) is 0 Å². The molecule has 0 aliphatic heterocycles. The van der Waals surface area contributed by atoms with E-state index in [1.54, 1.807) is 7.11 Å². The minimum Gasteiger partial charge on any atom is -0.493 e. The lowest BCUT2D eigenvalue weighted by molar-refractivity contribution is 0.305. The summed E-state index contributed by atoms with van der Waals surface area (Å²) in [5.74, 6) is 1.50. The Morgan fingerprint density at radius 2 is 1.90 bits per heavy atom. The van der Waals surface area contributed by atoms with Gasteiger partial charge in [0, 0.05) is 6.54 Å². The van der Waals surface area contributed by atoms with E-state index in [0.29, 0.717) is 18.2 Å². The SMILES string of the molecule is COc1cc(C)ccc1OCCNc1ccccc1Cl. The zero-order chi connectivity index (χ0) is 14.4. The number of methoxy groups -OCH3 is 1. The number of aryl methyl sites for hydroxylation is 1. The van der Waals surface area contributed by atoms with E-state index >= 15 is 0 Å². The van der Waals surface area contributed by atoms with Crippen molar-refractivity contribution in [3.8, 4) is 11.5 Å². The molecule has 2 aromatic rings. The van der Waals surface area contributed by atoms with Crippen LogP contribution in [-0.4, -0.2) is 20.3 Å². The molecule has 3 nitrogen and oxygen atoms in total. The molecule has 0 unspecified atom stereocenters. The largest absolute Gasteiger partial charge is 0.493 e. The first-order chi connectivity index (χ1) is 9.70. The molecule has 1 N–H and O–H groups in total. The number of halogens is 1. The summed E-state index contributed by atoms with van der Waals surface area (Å²) < 4.78 is 11.0. The first-order valence-corrected chi connectivity index (χ1v) is 6.84. The third kappa shape index (κ3) is 3.81. The highest BCUT2D eigenvalue weighted by Crippen LogP contribution is 2.27. The Morgan fingerprint density at radius 3 is 2.65 bits per heavy atom. The van der Waals surface area contributed by atoms with E-state index in [-0.39, 0.29) is 0 Å². The Balaban J connectivity index is 1.86. The number of hydrogen-bond donors (Lipinski definition) is 1. The van der Waals surface area contributed by atoms with Crippen molar-refractivity contribution in [3.63, 3.8) is 0 Å². The Morgan fingerprint density at radius 1 is 1.10 bits per heavy atom. The van der Waals surface area contributed by atoms with E-state index in [4.69, 9.17) is 21.1 Å². The first-order valence-electron chi connectivity index (χ1n) is 6.46. The second-order valence-corrected chi connectivity index (χ2v) is 4.82. The lowest BCUT2D eigenvalue weighted by atomic mass is 10.2. The number of benzene rings is 2. The van der Waals surface area contributed by atoms with Gasteiger partial charge in [-0.2, -0.15) is 0 Å². The van der Waals surface area contributed by atoms with Gasteiger partial charge in [-0.1, -0.05) is 29.8 Å². The summed E-state index contributed by atoms with van der Waals surface area (Å²) in [5.41, 5.74) is 2.05. The molecule has 0 saturated heterocycles. The van der Waals surface area contributed by atoms with Crippen molar-refractivity contribution < 1.29 is 9.47 Å². The summed E-state index contributed by atoms with van der Waals surface area (Å²) in [4.78, 5) is 0. The zero-order valence-corrected chi connectivity index (χ0v) is 12.4. The molecule has 0 amide bonds. The molecule has 0 aromatic heterocycles. The van der Waals surface area contributed by atoms with Crippen LogP contribution in [0.25, 0.3) is 0 Å². The monoisotopic (exact) mass is 291 g/mol. The summed E-state index contributed by atoms with van der Waals surface area (Å²) in [6.07, 6.45) is 0. The van der Waals surface area contributed by atoms with Crippen LogP contribution in [-0.2, 0) is 0 Å². The van der Waals surface area contributed by atoms with Gasteiger partial charge in [-0.05, 0) is 36.8 Å². The van der Waals surface area contributed by atoms with Gasteiger partial charge in [-0.25, -0.2) is 0 Å². The predicted octanol–water partition coefficient (Wildman–Crippen LogP) is 4.15. The summed E-state index contributed by atoms with van der Waals surface area (Å²) in [6, 6.07) is 13.5. The molecule has 0 aliphatic carbocycles. The van der Waals surface area contributed by atoms with Crippen LogP contribution in [0.2, 0.25) is 5.02 Å². The molecular weight excluding hydrogens is 274 g/mol. The average Bonchev–Trinajstić information content (AvgIpc) is 2.46. The van der Waals surface area contributed by atoms with Gasteiger partial charge in [-0.3, -0.25) is 0 Å². The topological polar surface area (TPSA) is 30.5 Å². The molecule has 0 saturated carbocycles. The van der Waals surface area contributed by atoms with Gasteiger partial charge in [0.25, 0.3) is 0 Å². The van der Waals surface area contributed by atoms with Crippen LogP contribution >= 0.6 is 11.6 Å². The standard InChI is InChI=1S/C16H18ClNO2/c1-12-7-8-15(16(11-12)19-2)20-10-9-18-14-6-4-3-5-13(14)17/h3-8,11,18H,9-10H2,1-2H3. The van der Waals surface area contributed by atoms with Gasteiger partial charge in [0.05, 0.1) is 17.8 Å². The quantitative estimate of drug-likeness (QED) is 0.811. The van der Waals surface area contributed by atoms with Crippen LogP contribution in [0.1, 0.15) is 5.56 Å². The van der Waals surface area contributed by atoms with Crippen molar-refractivity contribution in [2.24, 2.45) is 0 Å². The summed E-state index contributed by atoms with van der Waals surface area (Å²) in [6.45, 7) is 3.22. The number of nitrogens with one attached hydrogen (secondary N) is 1. The van der Waals surface area contributed by atoms with Gasteiger partial charge in [-0.15, -0.1) is 0 Å². The number of anilines is 1. The fraction of sp³-hybridized carbons (Fsp3) is 0.250. The maximum atomic E-state index is 6.06. The van der Waals surface area contributed by atoms with Gasteiger partial charge in [0.15, 0.2) is 11.5 Å². The molecule has 0 atom stereocenters. The average molecular weight is 292 g/mol. The van der Waals surface area contributed by atoms with Gasteiger partial charge in [0.2, 0.25) is 0 Å². The maximum Gasteiger partial charge on any atom is 0.161 e. The molecule has 2 aromatic carbocycles. The second-order valence-electron chi connectivity index (χ2n) is 4.41. The molecule has 0 radical (unpaired) electrons. The van der Waals surface area contributed by atoms with Crippen LogP contribution in [0, 0.1) is 6.92 Å². The van der Waals surface area contributed by atoms with Crippen molar-refractivity contribution in [2.45, 2.75) is 6.92 Å². The molecule has 0 spiro atoms. The smallest absolute Gasteiger partial charge is 0.161 e. The van der Waals surface area contributed by atoms with Crippen molar-refractivity contribution in [1.82, 2.24) is 0 Å². The third-order valence-electron chi connectivity index (χ3n) is 2.87. The lowest BCUT2D eigenvalue weighted by Gasteiger charge is -2.12. The molecule has 4 heteroatoms. The fourth-order valence-corrected chi connectivity index (χ4v) is 2.05. The van der Waals surface area contributed by atoms with Gasteiger partial charge >= 0.3 is 0 Å². The van der Waals surface area contributed by atoms with Crippen LogP contribution < -0.4 is 14.8 Å². The second kappa shape index (κ2) is 7.06. The van der Waals surface area contributed by atoms with Crippen LogP contribution in [0.3, 0.4) is 0 Å². The molecule has 20 heavy (non-hydrogen) atoms. The predicted molar refractivity (Wildman–Crippen MR) is 83.2 cm³/mol. The van der Waals surface area contributed by atoms with Crippen molar-refractivity contribution in [3.05, 3.63) is 53.1 Å². The van der Waals surface area contributed by atoms with E-state index in [1.165, 1.54) is 0 Å². The third-order valence-corrected chi connectivity index (χ3v) is 3.20. The lowest BCUT2D eigenvalue weighted by Crippen LogP contribution is -2.12. The number of ether oxygens (including phenoxy) is 2. The Bertz CT molecular complexity index is 572. The molecule has 0 heterocycles. The molecule has 0 fully saturated rings. The van der Waals surface area contributed by atoms with Gasteiger partial charge < -0.3 is 14.8 Å². The van der Waals surface area contributed by atoms with E-state index in [9.17, 15) is 0 Å². The molecule has 0 bridgehead atoms. The van der Waals surface area contributed by atoms with E-state index in [2.05, 4.69) is 5.32 Å². The summed E-state index contributed by atoms with van der Waals surface area (Å²) >= 11 is 6.06. The zero-order valence-electron chi connectivity index (χ0n) is 11.7. The Labute approximate surface area is 124 Å². The molecule has 0 aliphatic rings. The highest BCUT2D eigenvalue weighted by Gasteiger charge is 2.04. The number of para-hydroxylation sites is 1. The Hall–Kier alpha value is -1.87. The first kappa shape index (κ1) is 14.5. The number of hydrogen-bond acceptors (Lipinski definition) is 3. The van der Waals surface area contributed by atoms with Crippen LogP contribution in [0.15, 0.2) is 42.5 Å². The fourth-order valence-electron chi connectivity index (χ4n) is 1.85. The van der Waals surface area contributed by atoms with E-state index < -0.39 is 0 Å². The normalized spacial score (nSPS) is 10.2. The van der Waals surface area contributed by atoms with E-state index in [0.717, 1.165) is 22.7 Å². The molecule has 106 valence electrons. The van der Waals surface area contributed by atoms with Crippen molar-refractivity contribution >= 4 is 17.3 Å². The van der Waals surface area contributed by atoms with Gasteiger partial charge in [0.1, 0.15) is 6.61 Å². The maximum absolute atomic E-state index is 6.06. The summed E-state index contributed by atoms with van der Waals surface area (Å²) in [5, 5.41) is 3.94.